The van der Waals surface area contributed by atoms with Gasteiger partial charge in [-0.1, -0.05) is 160 Å². The van der Waals surface area contributed by atoms with Crippen LogP contribution in [0, 0.1) is 0 Å². The number of carbonyl (C=O) groups is 1. The fourth-order valence-corrected chi connectivity index (χ4v) is 5.97. The van der Waals surface area contributed by atoms with Gasteiger partial charge in [-0.2, -0.15) is 8.42 Å². The van der Waals surface area contributed by atoms with Gasteiger partial charge in [0.05, 0.1) is 17.9 Å². The van der Waals surface area contributed by atoms with Gasteiger partial charge in [-0.25, -0.2) is 0 Å². The summed E-state index contributed by atoms with van der Waals surface area (Å²) >= 11 is 0. The number of carbonyl (C=O) groups excluding carboxylic acids is 1. The Labute approximate surface area is 265 Å². The first-order valence-corrected chi connectivity index (χ1v) is 19.3. The molecule has 0 aromatic heterocycles. The number of rotatable bonds is 31. The normalized spacial score (nSPS) is 14.4. The lowest BCUT2D eigenvalue weighted by molar-refractivity contribution is -0.130. The number of hydrogen-bond acceptors (Lipinski definition) is 5. The minimum atomic E-state index is -4.44. The number of allylic oxidation sites excluding steroid dienone is 3. The molecule has 0 rings (SSSR count). The summed E-state index contributed by atoms with van der Waals surface area (Å²) in [6.45, 7) is 4.44. The van der Waals surface area contributed by atoms with E-state index in [-0.39, 0.29) is 6.42 Å². The van der Waals surface area contributed by atoms with Crippen molar-refractivity contribution in [3.8, 4) is 0 Å². The largest absolute Gasteiger partial charge is 0.387 e. The molecular formula is C35H67NO6S. The molecule has 43 heavy (non-hydrogen) atoms. The second-order valence-corrected chi connectivity index (χ2v) is 13.8. The van der Waals surface area contributed by atoms with Gasteiger partial charge in [-0.3, -0.25) is 9.35 Å². The number of unbranched alkanes of at least 4 members (excludes halogenated alkanes) is 20. The molecule has 8 heteroatoms. The third kappa shape index (κ3) is 29.3. The van der Waals surface area contributed by atoms with Crippen molar-refractivity contribution in [3.63, 3.8) is 0 Å². The van der Waals surface area contributed by atoms with Crippen LogP contribution in [0.2, 0.25) is 0 Å². The highest BCUT2D eigenvalue weighted by molar-refractivity contribution is 7.85. The molecule has 0 aliphatic carbocycles. The Morgan fingerprint density at radius 1 is 0.628 bits per heavy atom. The van der Waals surface area contributed by atoms with Gasteiger partial charge in [0.15, 0.2) is 0 Å². The fourth-order valence-electron chi connectivity index (χ4n) is 5.24. The Morgan fingerprint density at radius 2 is 1.05 bits per heavy atom. The smallest absolute Gasteiger partial charge is 0.267 e. The van der Waals surface area contributed by atoms with Gasteiger partial charge in [0, 0.05) is 0 Å². The van der Waals surface area contributed by atoms with E-state index in [1.54, 1.807) is 6.08 Å². The summed E-state index contributed by atoms with van der Waals surface area (Å²) in [4.78, 5) is 12.4. The van der Waals surface area contributed by atoms with Crippen LogP contribution in [-0.2, 0) is 14.9 Å². The Bertz CT molecular complexity index is 798. The van der Waals surface area contributed by atoms with Crippen molar-refractivity contribution in [2.75, 3.05) is 5.75 Å². The lowest BCUT2D eigenvalue weighted by Crippen LogP contribution is -2.50. The zero-order chi connectivity index (χ0) is 32.0. The Hall–Kier alpha value is -1.22. The van der Waals surface area contributed by atoms with E-state index in [2.05, 4.69) is 31.3 Å². The summed E-state index contributed by atoms with van der Waals surface area (Å²) in [7, 11) is -4.44. The van der Waals surface area contributed by atoms with E-state index in [9.17, 15) is 28.0 Å². The van der Waals surface area contributed by atoms with Crippen molar-refractivity contribution in [1.82, 2.24) is 5.32 Å². The molecule has 3 atom stereocenters. The number of aliphatic hydroxyl groups is 2. The molecule has 0 heterocycles. The van der Waals surface area contributed by atoms with E-state index < -0.39 is 40.0 Å². The maximum Gasteiger partial charge on any atom is 0.267 e. The van der Waals surface area contributed by atoms with Crippen LogP contribution >= 0.6 is 0 Å². The molecule has 0 fully saturated rings. The molecule has 0 spiro atoms. The summed E-state index contributed by atoms with van der Waals surface area (Å²) in [6, 6.07) is -1.24. The van der Waals surface area contributed by atoms with Crippen molar-refractivity contribution in [1.29, 1.82) is 0 Å². The first kappa shape index (κ1) is 41.8. The maximum atomic E-state index is 12.4. The molecule has 0 radical (unpaired) electrons. The lowest BCUT2D eigenvalue weighted by Gasteiger charge is -2.22. The SMILES string of the molecule is CCCCCCCCCCCCCC/C=C/CC/C=C/C(O)C(CS(=O)(=O)O)NC(=O)C(O)CCCCCCCCCC. The Kier molecular flexibility index (Phi) is 28.7. The molecule has 254 valence electrons. The topological polar surface area (TPSA) is 124 Å². The summed E-state index contributed by atoms with van der Waals surface area (Å²) < 4.78 is 32.3. The van der Waals surface area contributed by atoms with E-state index in [1.807, 2.05) is 0 Å². The van der Waals surface area contributed by atoms with Crippen LogP contribution in [0.15, 0.2) is 24.3 Å². The van der Waals surface area contributed by atoms with Gasteiger partial charge in [0.1, 0.15) is 6.10 Å². The second kappa shape index (κ2) is 29.5. The van der Waals surface area contributed by atoms with Gasteiger partial charge >= 0.3 is 0 Å². The number of amides is 1. The van der Waals surface area contributed by atoms with Crippen molar-refractivity contribution in [2.24, 2.45) is 0 Å². The summed E-state index contributed by atoms with van der Waals surface area (Å²) in [5, 5.41) is 23.1. The molecule has 3 unspecified atom stereocenters. The molecule has 0 aromatic carbocycles. The van der Waals surface area contributed by atoms with Crippen molar-refractivity contribution in [2.45, 2.75) is 186 Å². The summed E-state index contributed by atoms with van der Waals surface area (Å²) in [5.41, 5.74) is 0. The van der Waals surface area contributed by atoms with Gasteiger partial charge in [-0.05, 0) is 32.1 Å². The third-order valence-corrected chi connectivity index (χ3v) is 8.77. The highest BCUT2D eigenvalue weighted by atomic mass is 32.2. The summed E-state index contributed by atoms with van der Waals surface area (Å²) in [5.74, 6) is -1.56. The lowest BCUT2D eigenvalue weighted by atomic mass is 10.0. The molecule has 7 nitrogen and oxygen atoms in total. The molecule has 0 aromatic rings. The molecule has 0 aliphatic rings. The van der Waals surface area contributed by atoms with E-state index in [1.165, 1.54) is 109 Å². The van der Waals surface area contributed by atoms with Gasteiger partial charge in [-0.15, -0.1) is 0 Å². The van der Waals surface area contributed by atoms with Crippen molar-refractivity contribution in [3.05, 3.63) is 24.3 Å². The summed E-state index contributed by atoms with van der Waals surface area (Å²) in [6.07, 6.45) is 32.5. The average Bonchev–Trinajstić information content (AvgIpc) is 2.96. The zero-order valence-corrected chi connectivity index (χ0v) is 28.5. The highest BCUT2D eigenvalue weighted by Gasteiger charge is 2.27. The van der Waals surface area contributed by atoms with Crippen LogP contribution in [-0.4, -0.2) is 53.1 Å². The van der Waals surface area contributed by atoms with E-state index in [0.29, 0.717) is 12.8 Å². The molecular weight excluding hydrogens is 562 g/mol. The van der Waals surface area contributed by atoms with Crippen LogP contribution in [0.25, 0.3) is 0 Å². The van der Waals surface area contributed by atoms with Crippen LogP contribution in [0.5, 0.6) is 0 Å². The fraction of sp³-hybridized carbons (Fsp3) is 0.857. The van der Waals surface area contributed by atoms with Gasteiger partial charge in [0.25, 0.3) is 10.1 Å². The monoisotopic (exact) mass is 629 g/mol. The van der Waals surface area contributed by atoms with Crippen molar-refractivity contribution >= 4 is 16.0 Å². The van der Waals surface area contributed by atoms with E-state index in [4.69, 9.17) is 0 Å². The van der Waals surface area contributed by atoms with Crippen LogP contribution in [0.3, 0.4) is 0 Å². The van der Waals surface area contributed by atoms with E-state index >= 15 is 0 Å². The Balaban J connectivity index is 4.14. The van der Waals surface area contributed by atoms with Crippen LogP contribution < -0.4 is 5.32 Å². The predicted molar refractivity (Wildman–Crippen MR) is 181 cm³/mol. The number of aliphatic hydroxyl groups excluding tert-OH is 2. The van der Waals surface area contributed by atoms with Crippen LogP contribution in [0.1, 0.15) is 168 Å². The number of hydrogen-bond donors (Lipinski definition) is 4. The zero-order valence-electron chi connectivity index (χ0n) is 27.7. The molecule has 0 saturated carbocycles. The van der Waals surface area contributed by atoms with Crippen LogP contribution in [0.4, 0.5) is 0 Å². The molecule has 1 amide bonds. The molecule has 0 bridgehead atoms. The molecule has 0 aliphatic heterocycles. The molecule has 0 saturated heterocycles. The second-order valence-electron chi connectivity index (χ2n) is 12.3. The van der Waals surface area contributed by atoms with Crippen molar-refractivity contribution < 1.29 is 28.0 Å². The maximum absolute atomic E-state index is 12.4. The quantitative estimate of drug-likeness (QED) is 0.0346. The first-order chi connectivity index (χ1) is 20.7. The standard InChI is InChI=1S/C35H67NO6S/c1-3-5-7-9-11-13-14-15-16-17-18-19-20-21-22-24-25-27-29-33(37)32(31-43(40,41)42)36-35(39)34(38)30-28-26-23-12-10-8-6-4-2/h21-22,27,29,32-34,37-38H,3-20,23-26,28,30-31H2,1-2H3,(H,36,39)(H,40,41,42)/b22-21+,29-27+. The third-order valence-electron chi connectivity index (χ3n) is 7.99. The Morgan fingerprint density at radius 3 is 1.53 bits per heavy atom. The first-order valence-electron chi connectivity index (χ1n) is 17.6. The van der Waals surface area contributed by atoms with Gasteiger partial charge < -0.3 is 15.5 Å². The highest BCUT2D eigenvalue weighted by Crippen LogP contribution is 2.14. The number of nitrogens with one attached hydrogen (secondary N) is 1. The minimum Gasteiger partial charge on any atom is -0.387 e. The minimum absolute atomic E-state index is 0.275. The predicted octanol–water partition coefficient (Wildman–Crippen LogP) is 8.60. The molecule has 4 N–H and O–H groups in total. The average molecular weight is 630 g/mol. The van der Waals surface area contributed by atoms with Gasteiger partial charge in [0.2, 0.25) is 5.91 Å². The van der Waals surface area contributed by atoms with E-state index in [0.717, 1.165) is 32.1 Å².